The molecule has 0 aromatic heterocycles. The molecule has 8 aromatic rings. The number of aromatic carboxylic acids is 2. The van der Waals surface area contributed by atoms with Crippen molar-refractivity contribution in [3.05, 3.63) is 192 Å². The first-order valence-electron chi connectivity index (χ1n) is 17.6. The summed E-state index contributed by atoms with van der Waals surface area (Å²) >= 11 is 0. The maximum absolute atomic E-state index is 12.1. The van der Waals surface area contributed by atoms with Gasteiger partial charge in [0.05, 0.1) is 11.1 Å². The fraction of sp³-hybridized carbons (Fsp3) is 0.0417. The van der Waals surface area contributed by atoms with E-state index >= 15 is 0 Å². The van der Waals surface area contributed by atoms with E-state index in [0.717, 1.165) is 66.1 Å². The van der Waals surface area contributed by atoms with Crippen LogP contribution in [0, 0.1) is 0 Å². The van der Waals surface area contributed by atoms with E-state index < -0.39 is 11.9 Å². The van der Waals surface area contributed by atoms with Crippen LogP contribution in [0.15, 0.2) is 170 Å². The largest absolute Gasteiger partial charge is 0.488 e. The monoisotopic (exact) mass is 706 g/mol. The van der Waals surface area contributed by atoms with Crippen molar-refractivity contribution >= 4 is 33.5 Å². The van der Waals surface area contributed by atoms with E-state index in [9.17, 15) is 19.8 Å². The number of ether oxygens (including phenoxy) is 2. The average molecular weight is 707 g/mol. The first kappa shape index (κ1) is 33.9. The number of benzene rings is 8. The zero-order chi connectivity index (χ0) is 37.0. The van der Waals surface area contributed by atoms with Gasteiger partial charge >= 0.3 is 11.9 Å². The van der Waals surface area contributed by atoms with Crippen molar-refractivity contribution < 1.29 is 29.3 Å². The van der Waals surface area contributed by atoms with Crippen LogP contribution in [-0.4, -0.2) is 22.2 Å². The predicted molar refractivity (Wildman–Crippen MR) is 213 cm³/mol. The number of fused-ring (bicyclic) bond motifs is 2. The van der Waals surface area contributed by atoms with Crippen LogP contribution in [-0.2, 0) is 13.2 Å². The van der Waals surface area contributed by atoms with E-state index in [1.54, 1.807) is 24.3 Å². The van der Waals surface area contributed by atoms with Gasteiger partial charge in [-0.25, -0.2) is 9.59 Å². The topological polar surface area (TPSA) is 93.1 Å². The Morgan fingerprint density at radius 2 is 0.815 bits per heavy atom. The van der Waals surface area contributed by atoms with Crippen LogP contribution >= 0.6 is 0 Å². The minimum atomic E-state index is -1.01. The van der Waals surface area contributed by atoms with Crippen LogP contribution in [0.3, 0.4) is 0 Å². The zero-order valence-corrected chi connectivity index (χ0v) is 29.1. The smallest absolute Gasteiger partial charge is 0.335 e. The highest BCUT2D eigenvalue weighted by Crippen LogP contribution is 2.46. The highest BCUT2D eigenvalue weighted by molar-refractivity contribution is 6.09. The molecule has 0 amide bonds. The summed E-state index contributed by atoms with van der Waals surface area (Å²) in [5.41, 5.74) is 7.18. The summed E-state index contributed by atoms with van der Waals surface area (Å²) in [6.07, 6.45) is 0. The number of hydrogen-bond acceptors (Lipinski definition) is 4. The second-order valence-electron chi connectivity index (χ2n) is 13.0. The Bertz CT molecular complexity index is 2480. The van der Waals surface area contributed by atoms with Crippen LogP contribution in [0.2, 0.25) is 0 Å². The quantitative estimate of drug-likeness (QED) is 0.139. The van der Waals surface area contributed by atoms with Crippen LogP contribution in [0.4, 0.5) is 0 Å². The maximum atomic E-state index is 12.1. The summed E-state index contributed by atoms with van der Waals surface area (Å²) < 4.78 is 13.5. The number of carboxylic acids is 2. The Morgan fingerprint density at radius 3 is 1.22 bits per heavy atom. The van der Waals surface area contributed by atoms with E-state index in [-0.39, 0.29) is 24.3 Å². The SMILES string of the molecule is O=C(O)c1ccc(-c2ccccc2)c(COc2ccc3ccccc3c2-c2c(OCc3cc(C(=O)O)ccc3-c3ccccc3)ccc3ccccc23)c1. The summed E-state index contributed by atoms with van der Waals surface area (Å²) in [7, 11) is 0. The molecule has 0 saturated heterocycles. The molecule has 6 heteroatoms. The van der Waals surface area contributed by atoms with Crippen molar-refractivity contribution in [2.75, 3.05) is 0 Å². The molecule has 54 heavy (non-hydrogen) atoms. The van der Waals surface area contributed by atoms with Crippen LogP contribution in [0.1, 0.15) is 31.8 Å². The summed E-state index contributed by atoms with van der Waals surface area (Å²) in [5.74, 6) is -0.812. The molecule has 0 spiro atoms. The van der Waals surface area contributed by atoms with Gasteiger partial charge in [-0.1, -0.05) is 133 Å². The van der Waals surface area contributed by atoms with Crippen LogP contribution < -0.4 is 9.47 Å². The van der Waals surface area contributed by atoms with Gasteiger partial charge in [0, 0.05) is 11.1 Å². The van der Waals surface area contributed by atoms with Gasteiger partial charge in [0.15, 0.2) is 0 Å². The lowest BCUT2D eigenvalue weighted by atomic mass is 9.92. The molecule has 0 fully saturated rings. The zero-order valence-electron chi connectivity index (χ0n) is 29.1. The molecule has 8 aromatic carbocycles. The Labute approximate surface area is 312 Å². The van der Waals surface area contributed by atoms with Crippen molar-refractivity contribution in [1.82, 2.24) is 0 Å². The third-order valence-electron chi connectivity index (χ3n) is 9.67. The maximum Gasteiger partial charge on any atom is 0.335 e. The van der Waals surface area contributed by atoms with Crippen molar-refractivity contribution in [2.24, 2.45) is 0 Å². The summed E-state index contributed by atoms with van der Waals surface area (Å²) in [5, 5.41) is 23.7. The molecule has 0 aliphatic rings. The lowest BCUT2D eigenvalue weighted by Gasteiger charge is -2.21. The van der Waals surface area contributed by atoms with Gasteiger partial charge in [-0.2, -0.15) is 0 Å². The van der Waals surface area contributed by atoms with E-state index in [4.69, 9.17) is 9.47 Å². The summed E-state index contributed by atoms with van der Waals surface area (Å²) in [4.78, 5) is 24.1. The van der Waals surface area contributed by atoms with Crippen molar-refractivity contribution in [1.29, 1.82) is 0 Å². The number of hydrogen-bond donors (Lipinski definition) is 2. The molecular weight excluding hydrogens is 673 g/mol. The second kappa shape index (κ2) is 14.8. The van der Waals surface area contributed by atoms with Crippen LogP contribution in [0.25, 0.3) is 54.9 Å². The van der Waals surface area contributed by atoms with Crippen molar-refractivity contribution in [3.8, 4) is 44.9 Å². The molecule has 0 atom stereocenters. The van der Waals surface area contributed by atoms with Gasteiger partial charge in [-0.15, -0.1) is 0 Å². The molecular formula is C48H34O6. The third-order valence-corrected chi connectivity index (χ3v) is 9.67. The van der Waals surface area contributed by atoms with Gasteiger partial charge in [0.1, 0.15) is 24.7 Å². The Morgan fingerprint density at radius 1 is 0.426 bits per heavy atom. The molecule has 2 N–H and O–H groups in total. The number of carboxylic acid groups (broad SMARTS) is 2. The first-order chi connectivity index (χ1) is 26.4. The minimum Gasteiger partial charge on any atom is -0.488 e. The van der Waals surface area contributed by atoms with E-state index in [2.05, 4.69) is 24.3 Å². The van der Waals surface area contributed by atoms with Gasteiger partial charge in [0.2, 0.25) is 0 Å². The van der Waals surface area contributed by atoms with Gasteiger partial charge in [0.25, 0.3) is 0 Å². The second-order valence-corrected chi connectivity index (χ2v) is 13.0. The number of carbonyl (C=O) groups is 2. The van der Waals surface area contributed by atoms with E-state index in [1.165, 1.54) is 0 Å². The van der Waals surface area contributed by atoms with Crippen molar-refractivity contribution in [3.63, 3.8) is 0 Å². The molecule has 0 radical (unpaired) electrons. The summed E-state index contributed by atoms with van der Waals surface area (Å²) in [6, 6.07) is 54.1. The van der Waals surface area contributed by atoms with E-state index in [1.807, 2.05) is 121 Å². The molecule has 0 aliphatic heterocycles. The van der Waals surface area contributed by atoms with Gasteiger partial charge < -0.3 is 19.7 Å². The molecule has 6 nitrogen and oxygen atoms in total. The van der Waals surface area contributed by atoms with Crippen LogP contribution in [0.5, 0.6) is 11.5 Å². The van der Waals surface area contributed by atoms with Gasteiger partial charge in [-0.3, -0.25) is 0 Å². The fourth-order valence-electron chi connectivity index (χ4n) is 7.06. The number of rotatable bonds is 11. The Hall–Kier alpha value is -7.18. The minimum absolute atomic E-state index is 0.111. The molecule has 0 aliphatic carbocycles. The van der Waals surface area contributed by atoms with E-state index in [0.29, 0.717) is 11.5 Å². The standard InChI is InChI=1S/C48H34O6/c49-47(50)35-19-23-39(31-11-3-1-4-12-31)37(27-35)29-53-43-25-21-33-15-7-9-17-41(33)45(43)46-42-18-10-8-16-34(42)22-26-44(46)54-30-38-28-36(48(51)52)20-24-40(38)32-13-5-2-6-14-32/h1-28H,29-30H2,(H,49,50)(H,51,52). The molecule has 8 rings (SSSR count). The molecule has 0 bridgehead atoms. The molecule has 262 valence electrons. The highest BCUT2D eigenvalue weighted by Gasteiger charge is 2.21. The Balaban J connectivity index is 1.26. The average Bonchev–Trinajstić information content (AvgIpc) is 3.22. The molecule has 0 heterocycles. The van der Waals surface area contributed by atoms with Crippen molar-refractivity contribution in [2.45, 2.75) is 13.2 Å². The van der Waals surface area contributed by atoms with Gasteiger partial charge in [-0.05, 0) is 91.3 Å². The summed E-state index contributed by atoms with van der Waals surface area (Å²) in [6.45, 7) is 0.222. The normalized spacial score (nSPS) is 11.0. The molecule has 0 saturated carbocycles. The third kappa shape index (κ3) is 6.76. The lowest BCUT2D eigenvalue weighted by molar-refractivity contribution is 0.0686. The first-order valence-corrected chi connectivity index (χ1v) is 17.6. The lowest BCUT2D eigenvalue weighted by Crippen LogP contribution is -2.05. The fourth-order valence-corrected chi connectivity index (χ4v) is 7.06. The predicted octanol–water partition coefficient (Wildman–Crippen LogP) is 11.5. The molecule has 0 unspecified atom stereocenters. The highest BCUT2D eigenvalue weighted by atomic mass is 16.5. The Kier molecular flexibility index (Phi) is 9.31.